The van der Waals surface area contributed by atoms with E-state index in [2.05, 4.69) is 15.6 Å². The molecular formula is C9H17N3O. The molecule has 0 spiro atoms. The number of guanidine groups is 1. The van der Waals surface area contributed by atoms with E-state index in [1.807, 2.05) is 0 Å². The first-order valence-corrected chi connectivity index (χ1v) is 5.08. The van der Waals surface area contributed by atoms with Gasteiger partial charge in [-0.2, -0.15) is 0 Å². The Morgan fingerprint density at radius 2 is 2.38 bits per heavy atom. The topological polar surface area (TPSA) is 45.6 Å². The Bertz CT molecular complexity index is 185. The van der Waals surface area contributed by atoms with Gasteiger partial charge in [0.15, 0.2) is 5.96 Å². The molecule has 1 fully saturated rings. The molecule has 0 aromatic heterocycles. The highest BCUT2D eigenvalue weighted by atomic mass is 16.5. The zero-order chi connectivity index (χ0) is 8.93. The third-order valence-electron chi connectivity index (χ3n) is 2.47. The zero-order valence-corrected chi connectivity index (χ0v) is 7.88. The molecule has 2 N–H and O–H groups in total. The molecule has 0 aliphatic carbocycles. The van der Waals surface area contributed by atoms with E-state index in [-0.39, 0.29) is 0 Å². The third-order valence-corrected chi connectivity index (χ3v) is 2.47. The van der Waals surface area contributed by atoms with Gasteiger partial charge in [-0.15, -0.1) is 0 Å². The van der Waals surface area contributed by atoms with Crippen molar-refractivity contribution in [3.05, 3.63) is 0 Å². The lowest BCUT2D eigenvalue weighted by Gasteiger charge is -2.16. The standard InChI is InChI=1S/C9H17N3O/c1-2-8(3-7-13-6-1)12-9-10-4-5-11-9/h8H,1-7H2,(H2,10,11,12). The lowest BCUT2D eigenvalue weighted by molar-refractivity contribution is 0.143. The second-order valence-electron chi connectivity index (χ2n) is 3.54. The second kappa shape index (κ2) is 4.46. The molecule has 0 amide bonds. The molecule has 0 saturated carbocycles. The summed E-state index contributed by atoms with van der Waals surface area (Å²) < 4.78 is 5.39. The highest BCUT2D eigenvalue weighted by Crippen LogP contribution is 2.07. The van der Waals surface area contributed by atoms with Gasteiger partial charge in [-0.3, -0.25) is 4.99 Å². The molecule has 1 atom stereocenters. The molecular weight excluding hydrogens is 166 g/mol. The van der Waals surface area contributed by atoms with E-state index in [4.69, 9.17) is 4.74 Å². The quantitative estimate of drug-likeness (QED) is 0.606. The van der Waals surface area contributed by atoms with Crippen molar-refractivity contribution >= 4 is 5.96 Å². The maximum atomic E-state index is 5.39. The van der Waals surface area contributed by atoms with Crippen molar-refractivity contribution in [2.75, 3.05) is 26.3 Å². The zero-order valence-electron chi connectivity index (χ0n) is 7.88. The molecule has 0 aromatic carbocycles. The molecule has 0 radical (unpaired) electrons. The van der Waals surface area contributed by atoms with Crippen LogP contribution in [0.15, 0.2) is 4.99 Å². The average molecular weight is 183 g/mol. The predicted molar refractivity (Wildman–Crippen MR) is 51.9 cm³/mol. The second-order valence-corrected chi connectivity index (χ2v) is 3.54. The number of ether oxygens (including phenoxy) is 1. The summed E-state index contributed by atoms with van der Waals surface area (Å²) in [5.74, 6) is 0.979. The van der Waals surface area contributed by atoms with Gasteiger partial charge in [0.25, 0.3) is 0 Å². The fraction of sp³-hybridized carbons (Fsp3) is 0.889. The Labute approximate surface area is 78.8 Å². The first-order valence-electron chi connectivity index (χ1n) is 5.08. The van der Waals surface area contributed by atoms with Gasteiger partial charge in [0.1, 0.15) is 0 Å². The minimum absolute atomic E-state index is 0.548. The van der Waals surface area contributed by atoms with Crippen molar-refractivity contribution < 1.29 is 4.74 Å². The van der Waals surface area contributed by atoms with Gasteiger partial charge in [-0.25, -0.2) is 0 Å². The summed E-state index contributed by atoms with van der Waals surface area (Å²) in [6.45, 7) is 3.68. The highest BCUT2D eigenvalue weighted by molar-refractivity contribution is 5.81. The summed E-state index contributed by atoms with van der Waals surface area (Å²) in [4.78, 5) is 4.31. The van der Waals surface area contributed by atoms with Gasteiger partial charge < -0.3 is 15.4 Å². The minimum atomic E-state index is 0.548. The monoisotopic (exact) mass is 183 g/mol. The molecule has 2 rings (SSSR count). The summed E-state index contributed by atoms with van der Waals surface area (Å²) in [6, 6.07) is 0.548. The van der Waals surface area contributed by atoms with Crippen molar-refractivity contribution in [1.29, 1.82) is 0 Å². The lowest BCUT2D eigenvalue weighted by atomic mass is 10.1. The number of nitrogens with zero attached hydrogens (tertiary/aromatic N) is 1. The molecule has 2 aliphatic rings. The van der Waals surface area contributed by atoms with Gasteiger partial charge in [-0.05, 0) is 19.3 Å². The highest BCUT2D eigenvalue weighted by Gasteiger charge is 2.14. The smallest absolute Gasteiger partial charge is 0.191 e. The number of rotatable bonds is 1. The van der Waals surface area contributed by atoms with Gasteiger partial charge in [0.2, 0.25) is 0 Å². The summed E-state index contributed by atoms with van der Waals surface area (Å²) in [7, 11) is 0. The summed E-state index contributed by atoms with van der Waals surface area (Å²) in [5, 5.41) is 6.64. The van der Waals surface area contributed by atoms with E-state index in [9.17, 15) is 0 Å². The summed E-state index contributed by atoms with van der Waals surface area (Å²) in [6.07, 6.45) is 3.45. The number of hydrogen-bond acceptors (Lipinski definition) is 4. The number of nitrogens with one attached hydrogen (secondary N) is 2. The van der Waals surface area contributed by atoms with Crippen molar-refractivity contribution in [2.24, 2.45) is 4.99 Å². The van der Waals surface area contributed by atoms with Crippen LogP contribution >= 0.6 is 0 Å². The fourth-order valence-electron chi connectivity index (χ4n) is 1.74. The van der Waals surface area contributed by atoms with Crippen LogP contribution in [0.5, 0.6) is 0 Å². The molecule has 1 unspecified atom stereocenters. The van der Waals surface area contributed by atoms with Crippen LogP contribution in [0.25, 0.3) is 0 Å². The maximum Gasteiger partial charge on any atom is 0.191 e. The normalized spacial score (nSPS) is 28.9. The van der Waals surface area contributed by atoms with Crippen LogP contribution in [0.4, 0.5) is 0 Å². The predicted octanol–water partition coefficient (Wildman–Crippen LogP) is 0.104. The van der Waals surface area contributed by atoms with Crippen LogP contribution in [0, 0.1) is 0 Å². The number of hydrogen-bond donors (Lipinski definition) is 2. The van der Waals surface area contributed by atoms with Crippen LogP contribution in [0.1, 0.15) is 19.3 Å². The number of aliphatic imine (C=N–C) groups is 1. The Hall–Kier alpha value is -0.770. The van der Waals surface area contributed by atoms with Gasteiger partial charge >= 0.3 is 0 Å². The van der Waals surface area contributed by atoms with Crippen molar-refractivity contribution in [3.8, 4) is 0 Å². The minimum Gasteiger partial charge on any atom is -0.381 e. The largest absolute Gasteiger partial charge is 0.381 e. The van der Waals surface area contributed by atoms with Crippen molar-refractivity contribution in [2.45, 2.75) is 25.3 Å². The molecule has 0 aromatic rings. The van der Waals surface area contributed by atoms with E-state index in [1.54, 1.807) is 0 Å². The van der Waals surface area contributed by atoms with E-state index < -0.39 is 0 Å². The van der Waals surface area contributed by atoms with Gasteiger partial charge in [-0.1, -0.05) is 0 Å². The van der Waals surface area contributed by atoms with Crippen LogP contribution in [0.3, 0.4) is 0 Å². The summed E-state index contributed by atoms with van der Waals surface area (Å²) >= 11 is 0. The fourth-order valence-corrected chi connectivity index (χ4v) is 1.74. The molecule has 1 saturated heterocycles. The van der Waals surface area contributed by atoms with Crippen LogP contribution in [-0.2, 0) is 4.74 Å². The SMILES string of the molecule is C1COCCC(NC2=NCCN2)C1. The van der Waals surface area contributed by atoms with Gasteiger partial charge in [0.05, 0.1) is 6.54 Å². The van der Waals surface area contributed by atoms with E-state index >= 15 is 0 Å². The molecule has 4 heteroatoms. The molecule has 0 bridgehead atoms. The Balaban J connectivity index is 1.78. The van der Waals surface area contributed by atoms with E-state index in [0.717, 1.165) is 45.1 Å². The van der Waals surface area contributed by atoms with Crippen molar-refractivity contribution in [3.63, 3.8) is 0 Å². The van der Waals surface area contributed by atoms with Crippen molar-refractivity contribution in [1.82, 2.24) is 10.6 Å². The third kappa shape index (κ3) is 2.59. The van der Waals surface area contributed by atoms with Crippen LogP contribution < -0.4 is 10.6 Å². The molecule has 13 heavy (non-hydrogen) atoms. The van der Waals surface area contributed by atoms with Crippen LogP contribution in [0.2, 0.25) is 0 Å². The first kappa shape index (κ1) is 8.81. The Kier molecular flexibility index (Phi) is 3.02. The molecule has 2 heterocycles. The van der Waals surface area contributed by atoms with E-state index in [0.29, 0.717) is 6.04 Å². The van der Waals surface area contributed by atoms with Gasteiger partial charge in [0, 0.05) is 25.8 Å². The lowest BCUT2D eigenvalue weighted by Crippen LogP contribution is -2.41. The van der Waals surface area contributed by atoms with E-state index in [1.165, 1.54) is 6.42 Å². The maximum absolute atomic E-state index is 5.39. The average Bonchev–Trinajstić information content (AvgIpc) is 2.49. The molecule has 4 nitrogen and oxygen atoms in total. The van der Waals surface area contributed by atoms with Crippen LogP contribution in [-0.4, -0.2) is 38.3 Å². The Morgan fingerprint density at radius 1 is 1.38 bits per heavy atom. The molecule has 74 valence electrons. The molecule has 2 aliphatic heterocycles. The summed E-state index contributed by atoms with van der Waals surface area (Å²) in [5.41, 5.74) is 0. The Morgan fingerprint density at radius 3 is 3.23 bits per heavy atom. The first-order chi connectivity index (χ1) is 6.45.